The van der Waals surface area contributed by atoms with Gasteiger partial charge in [0.15, 0.2) is 0 Å². The summed E-state index contributed by atoms with van der Waals surface area (Å²) in [5, 5.41) is 1.08. The quantitative estimate of drug-likeness (QED) is 0.738. The minimum absolute atomic E-state index is 0.270. The summed E-state index contributed by atoms with van der Waals surface area (Å²) in [6, 6.07) is 8.01. The molecule has 0 radical (unpaired) electrons. The molecule has 0 aliphatic rings. The molecule has 3 heteroatoms. The Bertz CT molecular complexity index is 552. The van der Waals surface area contributed by atoms with Crippen LogP contribution in [0.5, 0.6) is 0 Å². The van der Waals surface area contributed by atoms with Crippen molar-refractivity contribution >= 4 is 33.5 Å². The summed E-state index contributed by atoms with van der Waals surface area (Å²) in [5.41, 5.74) is 1.14. The lowest BCUT2D eigenvalue weighted by Gasteiger charge is -1.92. The number of carbonyl (C=O) groups excluding carboxylic acids is 1. The molecular weight excluding hydrogens is 220 g/mol. The number of rotatable bonds is 2. The van der Waals surface area contributed by atoms with Crippen molar-refractivity contribution in [1.29, 1.82) is 0 Å². The Balaban J connectivity index is 2.49. The number of thiophene rings is 1. The van der Waals surface area contributed by atoms with E-state index in [0.717, 1.165) is 15.6 Å². The molecule has 0 aliphatic carbocycles. The first-order valence-corrected chi connectivity index (χ1v) is 5.81. The molecule has 82 valence electrons. The van der Waals surface area contributed by atoms with Gasteiger partial charge in [0.2, 0.25) is 0 Å². The number of allylic oxidation sites excluding steroid dienone is 1. The van der Waals surface area contributed by atoms with Crippen LogP contribution < -0.4 is 0 Å². The van der Waals surface area contributed by atoms with Crippen LogP contribution >= 0.6 is 11.3 Å². The standard InChI is InChI=1S/C13H12O2S/c1-3-4-9-5-6-11-10(7-9)8-12(16-11)13(14)15-2/h3-8H,1-2H3. The van der Waals surface area contributed by atoms with Crippen LogP contribution in [0.3, 0.4) is 0 Å². The Labute approximate surface area is 98.2 Å². The van der Waals surface area contributed by atoms with Gasteiger partial charge in [-0.1, -0.05) is 18.2 Å². The van der Waals surface area contributed by atoms with Crippen LogP contribution in [0.25, 0.3) is 16.2 Å². The van der Waals surface area contributed by atoms with Gasteiger partial charge < -0.3 is 4.74 Å². The zero-order chi connectivity index (χ0) is 11.5. The third-order valence-corrected chi connectivity index (χ3v) is 3.38. The molecule has 0 saturated heterocycles. The SMILES string of the molecule is CC=Cc1ccc2sc(C(=O)OC)cc2c1. The molecule has 0 fully saturated rings. The van der Waals surface area contributed by atoms with Crippen LogP contribution in [-0.4, -0.2) is 13.1 Å². The van der Waals surface area contributed by atoms with Crippen LogP contribution in [0, 0.1) is 0 Å². The average molecular weight is 232 g/mol. The summed E-state index contributed by atoms with van der Waals surface area (Å²) >= 11 is 1.46. The summed E-state index contributed by atoms with van der Waals surface area (Å²) in [5.74, 6) is -0.270. The summed E-state index contributed by atoms with van der Waals surface area (Å²) in [4.78, 5) is 12.0. The zero-order valence-electron chi connectivity index (χ0n) is 9.19. The van der Waals surface area contributed by atoms with Gasteiger partial charge >= 0.3 is 5.97 Å². The lowest BCUT2D eigenvalue weighted by molar-refractivity contribution is 0.0606. The number of hydrogen-bond donors (Lipinski definition) is 0. The molecule has 1 aromatic carbocycles. The molecular formula is C13H12O2S. The molecule has 16 heavy (non-hydrogen) atoms. The third-order valence-electron chi connectivity index (χ3n) is 2.29. The number of carbonyl (C=O) groups is 1. The minimum Gasteiger partial charge on any atom is -0.465 e. The van der Waals surface area contributed by atoms with Gasteiger partial charge in [-0.25, -0.2) is 4.79 Å². The number of hydrogen-bond acceptors (Lipinski definition) is 3. The number of fused-ring (bicyclic) bond motifs is 1. The summed E-state index contributed by atoms with van der Waals surface area (Å²) < 4.78 is 5.81. The van der Waals surface area contributed by atoms with Crippen LogP contribution in [-0.2, 0) is 4.74 Å². The first kappa shape index (κ1) is 10.9. The van der Waals surface area contributed by atoms with E-state index in [0.29, 0.717) is 4.88 Å². The Morgan fingerprint density at radius 3 is 2.88 bits per heavy atom. The number of ether oxygens (including phenoxy) is 1. The van der Waals surface area contributed by atoms with Crippen LogP contribution in [0.15, 0.2) is 30.3 Å². The van der Waals surface area contributed by atoms with Gasteiger partial charge in [-0.05, 0) is 36.1 Å². The maximum Gasteiger partial charge on any atom is 0.348 e. The molecule has 0 bridgehead atoms. The van der Waals surface area contributed by atoms with E-state index in [2.05, 4.69) is 6.07 Å². The second kappa shape index (κ2) is 4.49. The lowest BCUT2D eigenvalue weighted by Crippen LogP contribution is -1.96. The van der Waals surface area contributed by atoms with Crippen molar-refractivity contribution in [3.05, 3.63) is 40.8 Å². The van der Waals surface area contributed by atoms with Gasteiger partial charge in [0, 0.05) is 4.70 Å². The predicted molar refractivity (Wildman–Crippen MR) is 67.9 cm³/mol. The van der Waals surface area contributed by atoms with Crippen molar-refractivity contribution in [3.63, 3.8) is 0 Å². The van der Waals surface area contributed by atoms with Crippen molar-refractivity contribution < 1.29 is 9.53 Å². The van der Waals surface area contributed by atoms with E-state index in [1.54, 1.807) is 0 Å². The first-order valence-electron chi connectivity index (χ1n) is 4.99. The van der Waals surface area contributed by atoms with Gasteiger partial charge in [-0.3, -0.25) is 0 Å². The van der Waals surface area contributed by atoms with Crippen LogP contribution in [0.1, 0.15) is 22.2 Å². The van der Waals surface area contributed by atoms with Crippen molar-refractivity contribution in [1.82, 2.24) is 0 Å². The second-order valence-corrected chi connectivity index (χ2v) is 4.48. The van der Waals surface area contributed by atoms with Crippen molar-refractivity contribution in [2.75, 3.05) is 7.11 Å². The first-order chi connectivity index (χ1) is 7.74. The number of methoxy groups -OCH3 is 1. The van der Waals surface area contributed by atoms with Crippen molar-refractivity contribution in [2.45, 2.75) is 6.92 Å². The van der Waals surface area contributed by atoms with E-state index in [-0.39, 0.29) is 5.97 Å². The smallest absolute Gasteiger partial charge is 0.348 e. The highest BCUT2D eigenvalue weighted by Gasteiger charge is 2.09. The topological polar surface area (TPSA) is 26.3 Å². The Hall–Kier alpha value is -1.61. The van der Waals surface area contributed by atoms with Crippen LogP contribution in [0.2, 0.25) is 0 Å². The minimum atomic E-state index is -0.270. The van der Waals surface area contributed by atoms with Crippen molar-refractivity contribution in [3.8, 4) is 0 Å². The number of esters is 1. The summed E-state index contributed by atoms with van der Waals surface area (Å²) in [6.45, 7) is 1.98. The Morgan fingerprint density at radius 1 is 1.38 bits per heavy atom. The molecule has 0 amide bonds. The zero-order valence-corrected chi connectivity index (χ0v) is 10.0. The molecule has 2 rings (SSSR count). The summed E-state index contributed by atoms with van der Waals surface area (Å²) in [7, 11) is 1.40. The maximum atomic E-state index is 11.4. The maximum absolute atomic E-state index is 11.4. The molecule has 0 atom stereocenters. The highest BCUT2D eigenvalue weighted by Crippen LogP contribution is 2.27. The molecule has 0 unspecified atom stereocenters. The fourth-order valence-corrected chi connectivity index (χ4v) is 2.52. The van der Waals surface area contributed by atoms with E-state index >= 15 is 0 Å². The molecule has 1 aromatic heterocycles. The van der Waals surface area contributed by atoms with Gasteiger partial charge in [0.05, 0.1) is 7.11 Å². The molecule has 2 aromatic rings. The molecule has 0 aliphatic heterocycles. The number of benzene rings is 1. The van der Waals surface area contributed by atoms with Gasteiger partial charge in [0.25, 0.3) is 0 Å². The highest BCUT2D eigenvalue weighted by molar-refractivity contribution is 7.20. The monoisotopic (exact) mass is 232 g/mol. The van der Waals surface area contributed by atoms with E-state index in [1.807, 2.05) is 37.3 Å². The highest BCUT2D eigenvalue weighted by atomic mass is 32.1. The average Bonchev–Trinajstić information content (AvgIpc) is 2.71. The van der Waals surface area contributed by atoms with Gasteiger partial charge in [0.1, 0.15) is 4.88 Å². The lowest BCUT2D eigenvalue weighted by atomic mass is 10.1. The van der Waals surface area contributed by atoms with Gasteiger partial charge in [-0.2, -0.15) is 0 Å². The molecule has 1 heterocycles. The fraction of sp³-hybridized carbons (Fsp3) is 0.154. The van der Waals surface area contributed by atoms with Gasteiger partial charge in [-0.15, -0.1) is 11.3 Å². The van der Waals surface area contributed by atoms with E-state index in [4.69, 9.17) is 4.74 Å². The normalized spacial score (nSPS) is 11.1. The second-order valence-electron chi connectivity index (χ2n) is 3.40. The Kier molecular flexibility index (Phi) is 3.06. The van der Waals surface area contributed by atoms with E-state index < -0.39 is 0 Å². The fourth-order valence-electron chi connectivity index (χ4n) is 1.56. The van der Waals surface area contributed by atoms with E-state index in [9.17, 15) is 4.79 Å². The molecule has 0 saturated carbocycles. The molecule has 0 spiro atoms. The predicted octanol–water partition coefficient (Wildman–Crippen LogP) is 3.72. The molecule has 0 N–H and O–H groups in total. The third kappa shape index (κ3) is 1.99. The largest absolute Gasteiger partial charge is 0.465 e. The Morgan fingerprint density at radius 2 is 2.19 bits per heavy atom. The van der Waals surface area contributed by atoms with Crippen molar-refractivity contribution in [2.24, 2.45) is 0 Å². The van der Waals surface area contributed by atoms with Crippen LogP contribution in [0.4, 0.5) is 0 Å². The molecule has 2 nitrogen and oxygen atoms in total. The van der Waals surface area contributed by atoms with E-state index in [1.165, 1.54) is 18.4 Å². The summed E-state index contributed by atoms with van der Waals surface area (Å²) in [6.07, 6.45) is 4.03.